The van der Waals surface area contributed by atoms with Gasteiger partial charge >= 0.3 is 0 Å². The lowest BCUT2D eigenvalue weighted by Gasteiger charge is -2.28. The molecule has 5 nitrogen and oxygen atoms in total. The molecule has 0 saturated heterocycles. The minimum atomic E-state index is 0.0324. The summed E-state index contributed by atoms with van der Waals surface area (Å²) in [5, 5.41) is 0. The lowest BCUT2D eigenvalue weighted by Crippen LogP contribution is -2.30. The number of likely N-dealkylation sites (N-methyl/N-ethyl adjacent to an activating group) is 1. The fourth-order valence-electron chi connectivity index (χ4n) is 2.50. The molecular formula is C16H22N2O3. The fourth-order valence-corrected chi connectivity index (χ4v) is 2.50. The van der Waals surface area contributed by atoms with E-state index < -0.39 is 0 Å². The van der Waals surface area contributed by atoms with E-state index in [1.165, 1.54) is 0 Å². The molecule has 1 heterocycles. The summed E-state index contributed by atoms with van der Waals surface area (Å²) in [4.78, 5) is 2.17. The van der Waals surface area contributed by atoms with Crippen molar-refractivity contribution < 1.29 is 13.9 Å². The van der Waals surface area contributed by atoms with E-state index in [1.54, 1.807) is 26.7 Å². The summed E-state index contributed by atoms with van der Waals surface area (Å²) < 4.78 is 16.0. The van der Waals surface area contributed by atoms with Gasteiger partial charge in [-0.1, -0.05) is 12.1 Å². The van der Waals surface area contributed by atoms with Crippen LogP contribution in [0.25, 0.3) is 0 Å². The Balaban J connectivity index is 2.28. The summed E-state index contributed by atoms with van der Waals surface area (Å²) in [7, 11) is 5.31. The van der Waals surface area contributed by atoms with Gasteiger partial charge in [0, 0.05) is 24.2 Å². The molecule has 0 aliphatic rings. The second-order valence-electron chi connectivity index (χ2n) is 4.88. The summed E-state index contributed by atoms with van der Waals surface area (Å²) in [6.07, 6.45) is 3.42. The van der Waals surface area contributed by atoms with E-state index in [1.807, 2.05) is 31.3 Å². The summed E-state index contributed by atoms with van der Waals surface area (Å²) in [5.74, 6) is 1.44. The molecule has 0 aliphatic carbocycles. The number of nitrogens with zero attached hydrogens (tertiary/aromatic N) is 1. The van der Waals surface area contributed by atoms with Crippen molar-refractivity contribution in [1.82, 2.24) is 4.90 Å². The van der Waals surface area contributed by atoms with Crippen molar-refractivity contribution in [2.45, 2.75) is 12.6 Å². The molecule has 1 atom stereocenters. The van der Waals surface area contributed by atoms with Crippen LogP contribution in [0.3, 0.4) is 0 Å². The number of rotatable bonds is 7. The third-order valence-corrected chi connectivity index (χ3v) is 3.56. The van der Waals surface area contributed by atoms with Gasteiger partial charge in [0.15, 0.2) is 11.5 Å². The minimum Gasteiger partial charge on any atom is -0.493 e. The summed E-state index contributed by atoms with van der Waals surface area (Å²) in [6.45, 7) is 1.23. The van der Waals surface area contributed by atoms with Crippen LogP contribution in [-0.4, -0.2) is 32.7 Å². The number of hydrogen-bond donors (Lipinski definition) is 1. The van der Waals surface area contributed by atoms with Crippen LogP contribution in [0.2, 0.25) is 0 Å². The molecule has 0 amide bonds. The average molecular weight is 290 g/mol. The standard InChI is InChI=1S/C16H22N2O3/c1-18(10-12-7-8-21-11-12)14(9-17)13-5-4-6-15(19-2)16(13)20-3/h4-8,11,14H,9-10,17H2,1-3H3. The summed E-state index contributed by atoms with van der Waals surface area (Å²) >= 11 is 0. The van der Waals surface area contributed by atoms with Crippen molar-refractivity contribution in [1.29, 1.82) is 0 Å². The zero-order valence-electron chi connectivity index (χ0n) is 12.7. The van der Waals surface area contributed by atoms with Gasteiger partial charge in [0.25, 0.3) is 0 Å². The lowest BCUT2D eigenvalue weighted by atomic mass is 10.0. The summed E-state index contributed by atoms with van der Waals surface area (Å²) in [6, 6.07) is 7.83. The van der Waals surface area contributed by atoms with E-state index in [9.17, 15) is 0 Å². The molecule has 0 radical (unpaired) electrons. The molecule has 2 aromatic rings. The number of ether oxygens (including phenoxy) is 2. The summed E-state index contributed by atoms with van der Waals surface area (Å²) in [5.41, 5.74) is 8.12. The van der Waals surface area contributed by atoms with E-state index in [0.29, 0.717) is 12.3 Å². The number of para-hydroxylation sites is 1. The zero-order valence-corrected chi connectivity index (χ0v) is 12.7. The first-order valence-corrected chi connectivity index (χ1v) is 6.83. The van der Waals surface area contributed by atoms with Crippen molar-refractivity contribution in [3.63, 3.8) is 0 Å². The van der Waals surface area contributed by atoms with Crippen molar-refractivity contribution >= 4 is 0 Å². The first-order valence-electron chi connectivity index (χ1n) is 6.83. The number of hydrogen-bond acceptors (Lipinski definition) is 5. The molecule has 0 bridgehead atoms. The Morgan fingerprint density at radius 2 is 2.05 bits per heavy atom. The van der Waals surface area contributed by atoms with Gasteiger partial charge in [-0.25, -0.2) is 0 Å². The highest BCUT2D eigenvalue weighted by Crippen LogP contribution is 2.36. The molecular weight excluding hydrogens is 268 g/mol. The Labute approximate surface area is 125 Å². The molecule has 21 heavy (non-hydrogen) atoms. The van der Waals surface area contributed by atoms with Gasteiger partial charge in [-0.2, -0.15) is 0 Å². The van der Waals surface area contributed by atoms with Crippen molar-refractivity contribution in [2.75, 3.05) is 27.8 Å². The molecule has 1 aromatic heterocycles. The maximum absolute atomic E-state index is 5.99. The minimum absolute atomic E-state index is 0.0324. The van der Waals surface area contributed by atoms with Gasteiger partial charge in [0.05, 0.1) is 32.8 Å². The van der Waals surface area contributed by atoms with Crippen LogP contribution in [-0.2, 0) is 6.54 Å². The van der Waals surface area contributed by atoms with Crippen LogP contribution < -0.4 is 15.2 Å². The highest BCUT2D eigenvalue weighted by molar-refractivity contribution is 5.48. The highest BCUT2D eigenvalue weighted by Gasteiger charge is 2.22. The SMILES string of the molecule is COc1cccc(C(CN)N(C)Cc2ccoc2)c1OC. The number of benzene rings is 1. The normalized spacial score (nSPS) is 12.4. The Morgan fingerprint density at radius 3 is 2.62 bits per heavy atom. The van der Waals surface area contributed by atoms with Crippen molar-refractivity contribution in [3.8, 4) is 11.5 Å². The van der Waals surface area contributed by atoms with Gasteiger partial charge in [-0.05, 0) is 19.2 Å². The van der Waals surface area contributed by atoms with Crippen molar-refractivity contribution in [2.24, 2.45) is 5.73 Å². The molecule has 2 N–H and O–H groups in total. The van der Waals surface area contributed by atoms with E-state index in [0.717, 1.165) is 23.4 Å². The molecule has 0 saturated carbocycles. The predicted molar refractivity (Wildman–Crippen MR) is 81.5 cm³/mol. The molecule has 1 aromatic carbocycles. The molecule has 114 valence electrons. The number of furan rings is 1. The van der Waals surface area contributed by atoms with E-state index in [2.05, 4.69) is 4.90 Å². The lowest BCUT2D eigenvalue weighted by molar-refractivity contribution is 0.233. The topological polar surface area (TPSA) is 60.9 Å². The van der Waals surface area contributed by atoms with E-state index in [4.69, 9.17) is 19.6 Å². The quantitative estimate of drug-likeness (QED) is 0.848. The monoisotopic (exact) mass is 290 g/mol. The van der Waals surface area contributed by atoms with E-state index in [-0.39, 0.29) is 6.04 Å². The number of nitrogens with two attached hydrogens (primary N) is 1. The Bertz CT molecular complexity index is 555. The molecule has 1 unspecified atom stereocenters. The zero-order chi connectivity index (χ0) is 15.2. The van der Waals surface area contributed by atoms with Crippen LogP contribution in [0.5, 0.6) is 11.5 Å². The van der Waals surface area contributed by atoms with Gasteiger partial charge in [-0.15, -0.1) is 0 Å². The molecule has 5 heteroatoms. The average Bonchev–Trinajstić information content (AvgIpc) is 3.00. The maximum Gasteiger partial charge on any atom is 0.165 e. The first-order chi connectivity index (χ1) is 10.2. The number of methoxy groups -OCH3 is 2. The van der Waals surface area contributed by atoms with Crippen LogP contribution in [0, 0.1) is 0 Å². The molecule has 0 spiro atoms. The smallest absolute Gasteiger partial charge is 0.165 e. The maximum atomic E-state index is 5.99. The van der Waals surface area contributed by atoms with Crippen molar-refractivity contribution in [3.05, 3.63) is 47.9 Å². The van der Waals surface area contributed by atoms with Crippen LogP contribution in [0.4, 0.5) is 0 Å². The third kappa shape index (κ3) is 3.37. The van der Waals surface area contributed by atoms with Crippen LogP contribution >= 0.6 is 0 Å². The van der Waals surface area contributed by atoms with Gasteiger partial charge in [0.2, 0.25) is 0 Å². The molecule has 0 aliphatic heterocycles. The predicted octanol–water partition coefficient (Wildman–Crippen LogP) is 2.43. The fraction of sp³-hybridized carbons (Fsp3) is 0.375. The highest BCUT2D eigenvalue weighted by atomic mass is 16.5. The van der Waals surface area contributed by atoms with E-state index >= 15 is 0 Å². The largest absolute Gasteiger partial charge is 0.493 e. The van der Waals surface area contributed by atoms with Crippen LogP contribution in [0.1, 0.15) is 17.2 Å². The van der Waals surface area contributed by atoms with Gasteiger partial charge < -0.3 is 19.6 Å². The molecule has 2 rings (SSSR count). The Hall–Kier alpha value is -1.98. The second-order valence-corrected chi connectivity index (χ2v) is 4.88. The van der Waals surface area contributed by atoms with Crippen LogP contribution in [0.15, 0.2) is 41.2 Å². The van der Waals surface area contributed by atoms with Gasteiger partial charge in [-0.3, -0.25) is 4.90 Å². The second kappa shape index (κ2) is 7.15. The molecule has 0 fully saturated rings. The van der Waals surface area contributed by atoms with Gasteiger partial charge in [0.1, 0.15) is 0 Å². The Morgan fingerprint density at radius 1 is 1.24 bits per heavy atom. The first kappa shape index (κ1) is 15.4. The third-order valence-electron chi connectivity index (χ3n) is 3.56. The Kier molecular flexibility index (Phi) is 5.25.